The first-order valence-electron chi connectivity index (χ1n) is 8.26. The van der Waals surface area contributed by atoms with Crippen molar-refractivity contribution in [3.8, 4) is 0 Å². The van der Waals surface area contributed by atoms with Gasteiger partial charge in [0.25, 0.3) is 0 Å². The third-order valence-electron chi connectivity index (χ3n) is 4.70. The lowest BCUT2D eigenvalue weighted by Crippen LogP contribution is -2.34. The molecular weight excluding hydrogens is 284 g/mol. The SMILES string of the molecule is Cc1ccc(C)c(NC(=O)N2CCC[C@H]2c2ccccc2C)c1. The summed E-state index contributed by atoms with van der Waals surface area (Å²) >= 11 is 0. The van der Waals surface area contributed by atoms with Gasteiger partial charge in [-0.1, -0.05) is 36.4 Å². The minimum absolute atomic E-state index is 0.00412. The van der Waals surface area contributed by atoms with E-state index in [9.17, 15) is 4.79 Å². The normalized spacial score (nSPS) is 17.3. The first kappa shape index (κ1) is 15.6. The van der Waals surface area contributed by atoms with Crippen LogP contribution in [0.4, 0.5) is 10.5 Å². The molecular formula is C20H24N2O. The van der Waals surface area contributed by atoms with Crippen LogP contribution in [0, 0.1) is 20.8 Å². The van der Waals surface area contributed by atoms with Gasteiger partial charge in [-0.2, -0.15) is 0 Å². The highest BCUT2D eigenvalue weighted by Gasteiger charge is 2.30. The number of carbonyl (C=O) groups is 1. The maximum absolute atomic E-state index is 12.8. The Morgan fingerprint density at radius 1 is 1.09 bits per heavy atom. The predicted octanol–water partition coefficient (Wildman–Crippen LogP) is 4.98. The van der Waals surface area contributed by atoms with Gasteiger partial charge in [0.05, 0.1) is 6.04 Å². The van der Waals surface area contributed by atoms with Gasteiger partial charge in [0, 0.05) is 12.2 Å². The first-order valence-corrected chi connectivity index (χ1v) is 8.26. The molecule has 0 unspecified atom stereocenters. The minimum atomic E-state index is 0.00412. The van der Waals surface area contributed by atoms with Crippen LogP contribution in [0.2, 0.25) is 0 Å². The quantitative estimate of drug-likeness (QED) is 0.833. The summed E-state index contributed by atoms with van der Waals surface area (Å²) in [6, 6.07) is 14.7. The molecule has 0 spiro atoms. The fraction of sp³-hybridized carbons (Fsp3) is 0.350. The summed E-state index contributed by atoms with van der Waals surface area (Å²) < 4.78 is 0. The van der Waals surface area contributed by atoms with E-state index in [1.54, 1.807) is 0 Å². The van der Waals surface area contributed by atoms with E-state index in [1.807, 2.05) is 36.9 Å². The van der Waals surface area contributed by atoms with E-state index < -0.39 is 0 Å². The van der Waals surface area contributed by atoms with E-state index in [2.05, 4.69) is 36.5 Å². The van der Waals surface area contributed by atoms with E-state index in [-0.39, 0.29) is 12.1 Å². The fourth-order valence-electron chi connectivity index (χ4n) is 3.35. The summed E-state index contributed by atoms with van der Waals surface area (Å²) in [4.78, 5) is 14.8. The molecule has 0 aromatic heterocycles. The summed E-state index contributed by atoms with van der Waals surface area (Å²) in [6.07, 6.45) is 2.09. The third-order valence-corrected chi connectivity index (χ3v) is 4.70. The van der Waals surface area contributed by atoms with Crippen LogP contribution in [0.5, 0.6) is 0 Å². The van der Waals surface area contributed by atoms with Gasteiger partial charge in [-0.25, -0.2) is 4.79 Å². The van der Waals surface area contributed by atoms with Gasteiger partial charge in [-0.05, 0) is 61.9 Å². The number of carbonyl (C=O) groups excluding carboxylic acids is 1. The smallest absolute Gasteiger partial charge is 0.317 e. The van der Waals surface area contributed by atoms with Gasteiger partial charge in [0.2, 0.25) is 0 Å². The maximum atomic E-state index is 12.8. The molecule has 3 rings (SSSR count). The number of hydrogen-bond acceptors (Lipinski definition) is 1. The number of amides is 2. The van der Waals surface area contributed by atoms with E-state index in [0.717, 1.165) is 36.2 Å². The number of anilines is 1. The second-order valence-corrected chi connectivity index (χ2v) is 6.46. The highest BCUT2D eigenvalue weighted by atomic mass is 16.2. The standard InChI is InChI=1S/C20H24N2O/c1-14-10-11-16(3)18(13-14)21-20(23)22-12-6-9-19(22)17-8-5-4-7-15(17)2/h4-5,7-8,10-11,13,19H,6,9,12H2,1-3H3,(H,21,23)/t19-/m0/s1. The zero-order chi connectivity index (χ0) is 16.4. The molecule has 0 radical (unpaired) electrons. The Balaban J connectivity index is 1.81. The molecule has 3 heteroatoms. The van der Waals surface area contributed by atoms with E-state index in [1.165, 1.54) is 11.1 Å². The molecule has 1 N–H and O–H groups in total. The first-order chi connectivity index (χ1) is 11.1. The summed E-state index contributed by atoms with van der Waals surface area (Å²) in [6.45, 7) is 7.00. The summed E-state index contributed by atoms with van der Waals surface area (Å²) in [5, 5.41) is 3.10. The summed E-state index contributed by atoms with van der Waals surface area (Å²) in [5.74, 6) is 0. The molecule has 0 saturated carbocycles. The van der Waals surface area contributed by atoms with Crippen molar-refractivity contribution >= 4 is 11.7 Å². The molecule has 0 aliphatic carbocycles. The molecule has 1 fully saturated rings. The molecule has 1 aliphatic heterocycles. The molecule has 1 atom stereocenters. The lowest BCUT2D eigenvalue weighted by atomic mass is 9.99. The van der Waals surface area contributed by atoms with Crippen molar-refractivity contribution in [2.75, 3.05) is 11.9 Å². The maximum Gasteiger partial charge on any atom is 0.322 e. The van der Waals surface area contributed by atoms with Crippen LogP contribution in [0.1, 0.15) is 41.1 Å². The van der Waals surface area contributed by atoms with Crippen molar-refractivity contribution in [3.05, 3.63) is 64.7 Å². The summed E-state index contributed by atoms with van der Waals surface area (Å²) in [7, 11) is 0. The number of nitrogens with one attached hydrogen (secondary N) is 1. The van der Waals surface area contributed by atoms with E-state index in [4.69, 9.17) is 0 Å². The average molecular weight is 308 g/mol. The molecule has 2 aromatic carbocycles. The highest BCUT2D eigenvalue weighted by molar-refractivity contribution is 5.90. The number of urea groups is 1. The van der Waals surface area contributed by atoms with Crippen molar-refractivity contribution in [1.29, 1.82) is 0 Å². The monoisotopic (exact) mass is 308 g/mol. The lowest BCUT2D eigenvalue weighted by molar-refractivity contribution is 0.207. The van der Waals surface area contributed by atoms with Crippen molar-refractivity contribution in [2.45, 2.75) is 39.7 Å². The number of nitrogens with zero attached hydrogens (tertiary/aromatic N) is 1. The molecule has 1 heterocycles. The topological polar surface area (TPSA) is 32.3 Å². The zero-order valence-corrected chi connectivity index (χ0v) is 14.1. The predicted molar refractivity (Wildman–Crippen MR) is 94.8 cm³/mol. The van der Waals surface area contributed by atoms with Gasteiger partial charge in [-0.15, -0.1) is 0 Å². The molecule has 23 heavy (non-hydrogen) atoms. The molecule has 2 amide bonds. The van der Waals surface area contributed by atoms with E-state index >= 15 is 0 Å². The van der Waals surface area contributed by atoms with Crippen LogP contribution in [-0.2, 0) is 0 Å². The lowest BCUT2D eigenvalue weighted by Gasteiger charge is -2.27. The van der Waals surface area contributed by atoms with Crippen molar-refractivity contribution in [1.82, 2.24) is 4.90 Å². The second kappa shape index (κ2) is 6.45. The van der Waals surface area contributed by atoms with Crippen LogP contribution < -0.4 is 5.32 Å². The Labute approximate surface area is 138 Å². The van der Waals surface area contributed by atoms with Gasteiger partial charge in [0.1, 0.15) is 0 Å². The Bertz CT molecular complexity index is 723. The van der Waals surface area contributed by atoms with Crippen molar-refractivity contribution in [2.24, 2.45) is 0 Å². The molecule has 2 aromatic rings. The summed E-state index contributed by atoms with van der Waals surface area (Å²) in [5.41, 5.74) is 5.67. The molecule has 0 bridgehead atoms. The van der Waals surface area contributed by atoms with Gasteiger partial charge in [-0.3, -0.25) is 0 Å². The van der Waals surface area contributed by atoms with Crippen LogP contribution in [0.15, 0.2) is 42.5 Å². The number of hydrogen-bond donors (Lipinski definition) is 1. The Kier molecular flexibility index (Phi) is 4.37. The average Bonchev–Trinajstić information content (AvgIpc) is 3.01. The van der Waals surface area contributed by atoms with E-state index in [0.29, 0.717) is 0 Å². The molecule has 1 saturated heterocycles. The third kappa shape index (κ3) is 3.24. The number of benzene rings is 2. The van der Waals surface area contributed by atoms with Gasteiger partial charge in [0.15, 0.2) is 0 Å². The second-order valence-electron chi connectivity index (χ2n) is 6.46. The zero-order valence-electron chi connectivity index (χ0n) is 14.1. The largest absolute Gasteiger partial charge is 0.322 e. The van der Waals surface area contributed by atoms with Crippen molar-refractivity contribution in [3.63, 3.8) is 0 Å². The highest BCUT2D eigenvalue weighted by Crippen LogP contribution is 2.34. The molecule has 120 valence electrons. The number of likely N-dealkylation sites (tertiary alicyclic amines) is 1. The Morgan fingerprint density at radius 3 is 2.65 bits per heavy atom. The molecule has 1 aliphatic rings. The van der Waals surface area contributed by atoms with Crippen LogP contribution >= 0.6 is 0 Å². The van der Waals surface area contributed by atoms with Crippen LogP contribution in [0.3, 0.4) is 0 Å². The van der Waals surface area contributed by atoms with Crippen LogP contribution in [0.25, 0.3) is 0 Å². The number of rotatable bonds is 2. The Hall–Kier alpha value is -2.29. The Morgan fingerprint density at radius 2 is 1.87 bits per heavy atom. The minimum Gasteiger partial charge on any atom is -0.317 e. The fourth-order valence-corrected chi connectivity index (χ4v) is 3.35. The van der Waals surface area contributed by atoms with Gasteiger partial charge >= 0.3 is 6.03 Å². The number of aryl methyl sites for hydroxylation is 3. The molecule has 3 nitrogen and oxygen atoms in total. The van der Waals surface area contributed by atoms with Crippen molar-refractivity contribution < 1.29 is 4.79 Å². The van der Waals surface area contributed by atoms with Gasteiger partial charge < -0.3 is 10.2 Å². The van der Waals surface area contributed by atoms with Crippen LogP contribution in [-0.4, -0.2) is 17.5 Å².